The lowest BCUT2D eigenvalue weighted by Gasteiger charge is -2.29. The molecule has 0 fully saturated rings. The molecule has 1 aliphatic heterocycles. The van der Waals surface area contributed by atoms with E-state index in [0.717, 1.165) is 22.2 Å². The molecule has 3 aromatic carbocycles. The van der Waals surface area contributed by atoms with Crippen molar-refractivity contribution in [1.82, 2.24) is 9.88 Å². The fourth-order valence-electron chi connectivity index (χ4n) is 5.03. The summed E-state index contributed by atoms with van der Waals surface area (Å²) >= 11 is 0. The van der Waals surface area contributed by atoms with Crippen molar-refractivity contribution < 1.29 is 18.7 Å². The molecule has 0 unspecified atom stereocenters. The number of nitrogens with one attached hydrogen (secondary N) is 2. The van der Waals surface area contributed by atoms with Crippen molar-refractivity contribution in [2.45, 2.75) is 32.7 Å². The Balaban J connectivity index is 1.58. The third-order valence-electron chi connectivity index (χ3n) is 6.78. The van der Waals surface area contributed by atoms with E-state index < -0.39 is 17.2 Å². The summed E-state index contributed by atoms with van der Waals surface area (Å²) in [5.74, 6) is -1.25. The molecule has 5 rings (SSSR count). The molecule has 1 aliphatic rings. The van der Waals surface area contributed by atoms with Crippen molar-refractivity contribution in [1.29, 1.82) is 0 Å². The quantitative estimate of drug-likeness (QED) is 0.300. The van der Waals surface area contributed by atoms with Gasteiger partial charge >= 0.3 is 5.97 Å². The number of amides is 1. The zero-order valence-electron chi connectivity index (χ0n) is 21.7. The van der Waals surface area contributed by atoms with Gasteiger partial charge in [0.1, 0.15) is 5.82 Å². The number of benzene rings is 3. The van der Waals surface area contributed by atoms with E-state index in [1.807, 2.05) is 30.3 Å². The number of carbonyl (C=O) groups excluding carboxylic acids is 2. The van der Waals surface area contributed by atoms with E-state index in [1.54, 1.807) is 13.1 Å². The Kier molecular flexibility index (Phi) is 6.76. The topological polar surface area (TPSA) is 74.4 Å². The van der Waals surface area contributed by atoms with E-state index in [9.17, 15) is 14.0 Å². The Morgan fingerprint density at radius 1 is 1.05 bits per heavy atom. The number of esters is 1. The van der Waals surface area contributed by atoms with Crippen molar-refractivity contribution in [2.24, 2.45) is 0 Å². The molecule has 6 nitrogen and oxygen atoms in total. The molecule has 0 saturated carbocycles. The first-order valence-corrected chi connectivity index (χ1v) is 12.7. The number of fused-ring (bicyclic) bond motifs is 3. The number of H-pyrrole nitrogens is 1. The molecule has 0 spiro atoms. The SMILES string of the molecule is CCOC(=O)C1=CN(C(=O)c2ccc(F)cc2)CC(C)(C)c2c1[nH]c1ccc(NCc3ccccc3)cc21. The molecule has 4 aromatic rings. The van der Waals surface area contributed by atoms with Crippen molar-refractivity contribution in [3.63, 3.8) is 0 Å². The predicted octanol–water partition coefficient (Wildman–Crippen LogP) is 6.26. The first-order chi connectivity index (χ1) is 18.3. The lowest BCUT2D eigenvalue weighted by Crippen LogP contribution is -2.37. The van der Waals surface area contributed by atoms with Crippen LogP contribution in [0.3, 0.4) is 0 Å². The number of ether oxygens (including phenoxy) is 1. The molecule has 0 bridgehead atoms. The number of nitrogens with zero attached hydrogens (tertiary/aromatic N) is 1. The molecule has 0 radical (unpaired) electrons. The number of carbonyl (C=O) groups is 2. The number of rotatable bonds is 6. The fourth-order valence-corrected chi connectivity index (χ4v) is 5.03. The van der Waals surface area contributed by atoms with Gasteiger partial charge in [0.2, 0.25) is 0 Å². The molecule has 0 atom stereocenters. The summed E-state index contributed by atoms with van der Waals surface area (Å²) in [5, 5.41) is 4.45. The van der Waals surface area contributed by atoms with Gasteiger partial charge in [-0.15, -0.1) is 0 Å². The van der Waals surface area contributed by atoms with Gasteiger partial charge in [0.25, 0.3) is 5.91 Å². The highest BCUT2D eigenvalue weighted by Gasteiger charge is 2.37. The lowest BCUT2D eigenvalue weighted by molar-refractivity contribution is -0.136. The summed E-state index contributed by atoms with van der Waals surface area (Å²) in [7, 11) is 0. The van der Waals surface area contributed by atoms with Gasteiger partial charge in [-0.25, -0.2) is 9.18 Å². The Morgan fingerprint density at radius 2 is 1.79 bits per heavy atom. The van der Waals surface area contributed by atoms with Gasteiger partial charge in [0.05, 0.1) is 17.9 Å². The zero-order chi connectivity index (χ0) is 26.9. The lowest BCUT2D eigenvalue weighted by atomic mass is 9.81. The van der Waals surface area contributed by atoms with E-state index in [-0.39, 0.29) is 18.1 Å². The normalized spacial score (nSPS) is 14.4. The average molecular weight is 512 g/mol. The van der Waals surface area contributed by atoms with Crippen LogP contribution in [0.5, 0.6) is 0 Å². The van der Waals surface area contributed by atoms with Gasteiger partial charge in [0.15, 0.2) is 0 Å². The van der Waals surface area contributed by atoms with E-state index in [1.165, 1.54) is 34.7 Å². The van der Waals surface area contributed by atoms with Crippen LogP contribution in [0.4, 0.5) is 10.1 Å². The molecule has 1 aromatic heterocycles. The van der Waals surface area contributed by atoms with Gasteiger partial charge in [-0.3, -0.25) is 4.79 Å². The summed E-state index contributed by atoms with van der Waals surface area (Å²) in [6.45, 7) is 7.04. The highest BCUT2D eigenvalue weighted by Crippen LogP contribution is 2.41. The van der Waals surface area contributed by atoms with Crippen LogP contribution in [0, 0.1) is 5.82 Å². The average Bonchev–Trinajstić information content (AvgIpc) is 3.24. The van der Waals surface area contributed by atoms with Crippen LogP contribution >= 0.6 is 0 Å². The first-order valence-electron chi connectivity index (χ1n) is 12.7. The molecule has 7 heteroatoms. The van der Waals surface area contributed by atoms with E-state index in [0.29, 0.717) is 24.3 Å². The number of aromatic nitrogens is 1. The van der Waals surface area contributed by atoms with Gasteiger partial charge in [-0.05, 0) is 60.5 Å². The molecule has 0 saturated heterocycles. The minimum atomic E-state index is -0.536. The number of aromatic amines is 1. The van der Waals surface area contributed by atoms with E-state index >= 15 is 0 Å². The summed E-state index contributed by atoms with van der Waals surface area (Å²) < 4.78 is 18.9. The fraction of sp³-hybridized carbons (Fsp3) is 0.226. The van der Waals surface area contributed by atoms with Crippen LogP contribution in [0.25, 0.3) is 16.5 Å². The van der Waals surface area contributed by atoms with Crippen LogP contribution in [0.2, 0.25) is 0 Å². The monoisotopic (exact) mass is 511 g/mol. The molecule has 194 valence electrons. The second-order valence-electron chi connectivity index (χ2n) is 10.1. The zero-order valence-corrected chi connectivity index (χ0v) is 21.7. The maximum Gasteiger partial charge on any atom is 0.341 e. The van der Waals surface area contributed by atoms with Gasteiger partial charge in [-0.2, -0.15) is 0 Å². The van der Waals surface area contributed by atoms with Crippen LogP contribution in [0.1, 0.15) is 48.0 Å². The first kappa shape index (κ1) is 25.3. The number of hydrogen-bond donors (Lipinski definition) is 2. The summed E-state index contributed by atoms with van der Waals surface area (Å²) in [5.41, 5.74) is 4.66. The minimum Gasteiger partial charge on any atom is -0.462 e. The molecule has 1 amide bonds. The number of hydrogen-bond acceptors (Lipinski definition) is 4. The summed E-state index contributed by atoms with van der Waals surface area (Å²) in [6.07, 6.45) is 1.56. The smallest absolute Gasteiger partial charge is 0.341 e. The van der Waals surface area contributed by atoms with Crippen LogP contribution < -0.4 is 5.32 Å². The van der Waals surface area contributed by atoms with Gasteiger partial charge < -0.3 is 19.9 Å². The third-order valence-corrected chi connectivity index (χ3v) is 6.78. The molecule has 38 heavy (non-hydrogen) atoms. The largest absolute Gasteiger partial charge is 0.462 e. The number of halogens is 1. The van der Waals surface area contributed by atoms with Crippen molar-refractivity contribution >= 4 is 34.0 Å². The van der Waals surface area contributed by atoms with E-state index in [4.69, 9.17) is 4.74 Å². The molecular weight excluding hydrogens is 481 g/mol. The predicted molar refractivity (Wildman–Crippen MR) is 147 cm³/mol. The van der Waals surface area contributed by atoms with Crippen molar-refractivity contribution in [2.75, 3.05) is 18.5 Å². The molecule has 2 heterocycles. The minimum absolute atomic E-state index is 0.203. The highest BCUT2D eigenvalue weighted by molar-refractivity contribution is 6.18. The number of anilines is 1. The van der Waals surface area contributed by atoms with Gasteiger partial charge in [-0.1, -0.05) is 44.2 Å². The molecule has 0 aliphatic carbocycles. The van der Waals surface area contributed by atoms with Gasteiger partial charge in [0, 0.05) is 46.9 Å². The van der Waals surface area contributed by atoms with E-state index in [2.05, 4.69) is 42.3 Å². The van der Waals surface area contributed by atoms with Crippen molar-refractivity contribution in [3.05, 3.63) is 107 Å². The van der Waals surface area contributed by atoms with Crippen LogP contribution in [-0.4, -0.2) is 34.9 Å². The van der Waals surface area contributed by atoms with Crippen LogP contribution in [-0.2, 0) is 21.5 Å². The molecular formula is C31H30FN3O3. The Labute approximate surface area is 221 Å². The Hall–Kier alpha value is -4.39. The maximum atomic E-state index is 13.5. The maximum absolute atomic E-state index is 13.5. The van der Waals surface area contributed by atoms with Crippen LogP contribution in [0.15, 0.2) is 79.0 Å². The summed E-state index contributed by atoms with van der Waals surface area (Å²) in [4.78, 5) is 31.6. The Morgan fingerprint density at radius 3 is 2.50 bits per heavy atom. The standard InChI is InChI=1S/C31H30FN3O3/c1-4-38-30(37)25-18-35(29(36)21-10-12-22(32)13-11-21)19-31(2,3)27-24-16-23(14-15-26(24)34-28(25)27)33-17-20-8-6-5-7-9-20/h5-16,18,33-34H,4,17,19H2,1-3H3. The Bertz CT molecular complexity index is 1520. The summed E-state index contributed by atoms with van der Waals surface area (Å²) in [6, 6.07) is 21.6. The second-order valence-corrected chi connectivity index (χ2v) is 10.1. The second kappa shape index (κ2) is 10.2. The third kappa shape index (κ3) is 4.92. The highest BCUT2D eigenvalue weighted by atomic mass is 19.1. The molecule has 2 N–H and O–H groups in total. The van der Waals surface area contributed by atoms with Crippen molar-refractivity contribution in [3.8, 4) is 0 Å².